The SMILES string of the molecule is Cc1ccc(C#CCO)cc1S(=O)(=O)NCC(C)C. The Morgan fingerprint density at radius 1 is 1.37 bits per heavy atom. The lowest BCUT2D eigenvalue weighted by Gasteiger charge is -2.11. The molecule has 0 aliphatic carbocycles. The molecule has 0 aliphatic heterocycles. The van der Waals surface area contributed by atoms with Crippen molar-refractivity contribution < 1.29 is 13.5 Å². The monoisotopic (exact) mass is 281 g/mol. The molecule has 0 aromatic heterocycles. The van der Waals surface area contributed by atoms with Gasteiger partial charge in [0.05, 0.1) is 4.90 Å². The number of aliphatic hydroxyl groups excluding tert-OH is 1. The molecular weight excluding hydrogens is 262 g/mol. The molecule has 0 aliphatic rings. The fourth-order valence-electron chi connectivity index (χ4n) is 1.46. The number of hydrogen-bond acceptors (Lipinski definition) is 3. The fraction of sp³-hybridized carbons (Fsp3) is 0.429. The molecule has 0 bridgehead atoms. The molecular formula is C14H19NO3S. The van der Waals surface area contributed by atoms with Gasteiger partial charge in [-0.25, -0.2) is 13.1 Å². The van der Waals surface area contributed by atoms with Crippen LogP contribution in [0.4, 0.5) is 0 Å². The van der Waals surface area contributed by atoms with E-state index in [0.29, 0.717) is 17.7 Å². The number of rotatable bonds is 4. The van der Waals surface area contributed by atoms with Crippen LogP contribution in [0.2, 0.25) is 0 Å². The van der Waals surface area contributed by atoms with E-state index < -0.39 is 10.0 Å². The fourth-order valence-corrected chi connectivity index (χ4v) is 2.95. The topological polar surface area (TPSA) is 66.4 Å². The summed E-state index contributed by atoms with van der Waals surface area (Å²) in [4.78, 5) is 0.234. The van der Waals surface area contributed by atoms with Crippen LogP contribution in [0.25, 0.3) is 0 Å². The lowest BCUT2D eigenvalue weighted by atomic mass is 10.1. The lowest BCUT2D eigenvalue weighted by molar-refractivity contribution is 0.350. The quantitative estimate of drug-likeness (QED) is 0.817. The van der Waals surface area contributed by atoms with Gasteiger partial charge >= 0.3 is 0 Å². The predicted octanol–water partition coefficient (Wildman–Crippen LogP) is 1.27. The minimum atomic E-state index is -3.51. The van der Waals surface area contributed by atoms with Crippen LogP contribution in [0.15, 0.2) is 23.1 Å². The second-order valence-corrected chi connectivity index (χ2v) is 6.42. The first-order valence-electron chi connectivity index (χ1n) is 6.07. The molecule has 0 fully saturated rings. The average Bonchev–Trinajstić information content (AvgIpc) is 2.35. The van der Waals surface area contributed by atoms with Gasteiger partial charge in [-0.15, -0.1) is 0 Å². The Hall–Kier alpha value is -1.35. The van der Waals surface area contributed by atoms with Crippen molar-refractivity contribution in [3.05, 3.63) is 29.3 Å². The highest BCUT2D eigenvalue weighted by Crippen LogP contribution is 2.16. The van der Waals surface area contributed by atoms with Crippen LogP contribution in [0, 0.1) is 24.7 Å². The molecule has 2 N–H and O–H groups in total. The highest BCUT2D eigenvalue weighted by Gasteiger charge is 2.17. The van der Waals surface area contributed by atoms with Crippen LogP contribution < -0.4 is 4.72 Å². The van der Waals surface area contributed by atoms with Crippen molar-refractivity contribution in [3.8, 4) is 11.8 Å². The summed E-state index contributed by atoms with van der Waals surface area (Å²) in [5.74, 6) is 5.45. The standard InChI is InChI=1S/C14H19NO3S/c1-11(2)10-15-19(17,18)14-9-13(5-4-8-16)7-6-12(14)3/h6-7,9,11,15-16H,8,10H2,1-3H3. The van der Waals surface area contributed by atoms with Crippen LogP contribution in [-0.4, -0.2) is 26.7 Å². The summed E-state index contributed by atoms with van der Waals surface area (Å²) in [5, 5.41) is 8.65. The van der Waals surface area contributed by atoms with Crippen molar-refractivity contribution in [3.63, 3.8) is 0 Å². The highest BCUT2D eigenvalue weighted by atomic mass is 32.2. The van der Waals surface area contributed by atoms with Gasteiger partial charge in [-0.2, -0.15) is 0 Å². The molecule has 1 aromatic rings. The van der Waals surface area contributed by atoms with E-state index >= 15 is 0 Å². The van der Waals surface area contributed by atoms with Crippen molar-refractivity contribution in [2.75, 3.05) is 13.2 Å². The zero-order chi connectivity index (χ0) is 14.5. The minimum absolute atomic E-state index is 0.234. The second kappa shape index (κ2) is 6.71. The van der Waals surface area contributed by atoms with Crippen LogP contribution in [0.1, 0.15) is 25.0 Å². The Balaban J connectivity index is 3.11. The number of sulfonamides is 1. The van der Waals surface area contributed by atoms with Gasteiger partial charge in [-0.1, -0.05) is 31.8 Å². The van der Waals surface area contributed by atoms with E-state index in [1.54, 1.807) is 19.1 Å². The highest BCUT2D eigenvalue weighted by molar-refractivity contribution is 7.89. The van der Waals surface area contributed by atoms with Gasteiger partial charge in [0.15, 0.2) is 0 Å². The normalized spacial score (nSPS) is 11.2. The maximum Gasteiger partial charge on any atom is 0.240 e. The van der Waals surface area contributed by atoms with Crippen LogP contribution in [0.5, 0.6) is 0 Å². The van der Waals surface area contributed by atoms with Crippen molar-refractivity contribution in [1.82, 2.24) is 4.72 Å². The largest absolute Gasteiger partial charge is 0.384 e. The maximum atomic E-state index is 12.2. The first kappa shape index (κ1) is 15.7. The van der Waals surface area contributed by atoms with E-state index in [2.05, 4.69) is 16.6 Å². The molecule has 1 rings (SSSR count). The van der Waals surface area contributed by atoms with E-state index in [-0.39, 0.29) is 17.4 Å². The Kier molecular flexibility index (Phi) is 5.55. The Bertz CT molecular complexity index is 595. The molecule has 0 saturated heterocycles. The summed E-state index contributed by atoms with van der Waals surface area (Å²) in [6, 6.07) is 4.98. The number of aliphatic hydroxyl groups is 1. The van der Waals surface area contributed by atoms with Crippen LogP contribution in [-0.2, 0) is 10.0 Å². The van der Waals surface area contributed by atoms with Crippen molar-refractivity contribution >= 4 is 10.0 Å². The third-order valence-electron chi connectivity index (χ3n) is 2.47. The Labute approximate surface area is 114 Å². The number of aryl methyl sites for hydroxylation is 1. The van der Waals surface area contributed by atoms with Crippen molar-refractivity contribution in [2.24, 2.45) is 5.92 Å². The van der Waals surface area contributed by atoms with E-state index in [0.717, 1.165) is 0 Å². The number of benzene rings is 1. The van der Waals surface area contributed by atoms with Gasteiger partial charge in [-0.05, 0) is 30.5 Å². The summed E-state index contributed by atoms with van der Waals surface area (Å²) in [6.45, 7) is 5.78. The minimum Gasteiger partial charge on any atom is -0.384 e. The zero-order valence-electron chi connectivity index (χ0n) is 11.4. The smallest absolute Gasteiger partial charge is 0.240 e. The molecule has 1 aromatic carbocycles. The summed E-state index contributed by atoms with van der Waals surface area (Å²) < 4.78 is 26.9. The van der Waals surface area contributed by atoms with Crippen molar-refractivity contribution in [2.45, 2.75) is 25.7 Å². The molecule has 0 unspecified atom stereocenters. The molecule has 0 heterocycles. The van der Waals surface area contributed by atoms with E-state index in [1.165, 1.54) is 6.07 Å². The van der Waals surface area contributed by atoms with Gasteiger partial charge in [0.1, 0.15) is 6.61 Å². The van der Waals surface area contributed by atoms with Crippen LogP contribution in [0.3, 0.4) is 0 Å². The van der Waals surface area contributed by atoms with Crippen LogP contribution >= 0.6 is 0 Å². The third-order valence-corrected chi connectivity index (χ3v) is 4.04. The lowest BCUT2D eigenvalue weighted by Crippen LogP contribution is -2.28. The van der Waals surface area contributed by atoms with Crippen molar-refractivity contribution in [1.29, 1.82) is 0 Å². The first-order chi connectivity index (χ1) is 8.86. The molecule has 0 radical (unpaired) electrons. The van der Waals surface area contributed by atoms with Gasteiger partial charge in [0.25, 0.3) is 0 Å². The summed E-state index contributed by atoms with van der Waals surface area (Å²) in [5.41, 5.74) is 1.25. The van der Waals surface area contributed by atoms with E-state index in [1.807, 2.05) is 13.8 Å². The summed E-state index contributed by atoms with van der Waals surface area (Å²) in [6.07, 6.45) is 0. The number of nitrogens with one attached hydrogen (secondary N) is 1. The third kappa shape index (κ3) is 4.67. The molecule has 5 heteroatoms. The maximum absolute atomic E-state index is 12.2. The molecule has 0 amide bonds. The van der Waals surface area contributed by atoms with E-state index in [4.69, 9.17) is 5.11 Å². The first-order valence-corrected chi connectivity index (χ1v) is 7.55. The number of hydrogen-bond donors (Lipinski definition) is 2. The molecule has 0 atom stereocenters. The average molecular weight is 281 g/mol. The van der Waals surface area contributed by atoms with E-state index in [9.17, 15) is 8.42 Å². The second-order valence-electron chi connectivity index (χ2n) is 4.69. The Morgan fingerprint density at radius 3 is 2.63 bits per heavy atom. The molecule has 4 nitrogen and oxygen atoms in total. The Morgan fingerprint density at radius 2 is 2.05 bits per heavy atom. The van der Waals surface area contributed by atoms with Gasteiger partial charge < -0.3 is 5.11 Å². The van der Waals surface area contributed by atoms with Gasteiger partial charge in [0.2, 0.25) is 10.0 Å². The molecule has 0 spiro atoms. The zero-order valence-corrected chi connectivity index (χ0v) is 12.2. The molecule has 0 saturated carbocycles. The van der Waals surface area contributed by atoms with Gasteiger partial charge in [-0.3, -0.25) is 0 Å². The predicted molar refractivity (Wildman–Crippen MR) is 75.2 cm³/mol. The van der Waals surface area contributed by atoms with Gasteiger partial charge in [0, 0.05) is 12.1 Å². The summed E-state index contributed by atoms with van der Waals surface area (Å²) in [7, 11) is -3.51. The summed E-state index contributed by atoms with van der Waals surface area (Å²) >= 11 is 0. The molecule has 104 valence electrons. The molecule has 19 heavy (non-hydrogen) atoms.